The molecule has 0 atom stereocenters. The first-order chi connectivity index (χ1) is 12.5. The maximum Gasteiger partial charge on any atom is 0.305 e. The molecule has 0 fully saturated rings. The van der Waals surface area contributed by atoms with Gasteiger partial charge in [0, 0.05) is 27.1 Å². The van der Waals surface area contributed by atoms with Crippen molar-refractivity contribution in [1.82, 2.24) is 4.90 Å². The fraction of sp³-hybridized carbons (Fsp3) is 0.316. The van der Waals surface area contributed by atoms with E-state index in [4.69, 9.17) is 0 Å². The molecular formula is C19H22N2O4S. The maximum atomic E-state index is 12.8. The number of carbonyl (C=O) groups is 3. The molecule has 138 valence electrons. The number of para-hydroxylation sites is 1. The van der Waals surface area contributed by atoms with Crippen LogP contribution in [0, 0.1) is 0 Å². The first-order valence-corrected chi connectivity index (χ1v) is 9.06. The van der Waals surface area contributed by atoms with E-state index < -0.39 is 0 Å². The second-order valence-corrected chi connectivity index (χ2v) is 6.71. The summed E-state index contributed by atoms with van der Waals surface area (Å²) in [6.07, 6.45) is 0.771. The Hall–Kier alpha value is -2.67. The Kier molecular flexibility index (Phi) is 6.91. The summed E-state index contributed by atoms with van der Waals surface area (Å²) in [5.41, 5.74) is 0.996. The van der Waals surface area contributed by atoms with E-state index in [0.29, 0.717) is 29.1 Å². The van der Waals surface area contributed by atoms with Crippen molar-refractivity contribution in [2.45, 2.75) is 12.8 Å². The summed E-state index contributed by atoms with van der Waals surface area (Å²) in [7, 11) is 4.68. The van der Waals surface area contributed by atoms with Crippen molar-refractivity contribution < 1.29 is 19.1 Å². The van der Waals surface area contributed by atoms with Gasteiger partial charge in [-0.25, -0.2) is 0 Å². The van der Waals surface area contributed by atoms with Gasteiger partial charge in [0.25, 0.3) is 11.8 Å². The number of hydrogen-bond donors (Lipinski definition) is 0. The number of carbonyl (C=O) groups excluding carboxylic acids is 3. The Morgan fingerprint density at radius 2 is 1.77 bits per heavy atom. The predicted octanol–water partition coefficient (Wildman–Crippen LogP) is 3.05. The van der Waals surface area contributed by atoms with Crippen LogP contribution in [0.25, 0.3) is 0 Å². The number of esters is 1. The van der Waals surface area contributed by atoms with Crippen LogP contribution in [0.2, 0.25) is 0 Å². The van der Waals surface area contributed by atoms with E-state index in [1.807, 2.05) is 11.4 Å². The third-order valence-corrected chi connectivity index (χ3v) is 4.84. The van der Waals surface area contributed by atoms with Gasteiger partial charge in [-0.2, -0.15) is 0 Å². The van der Waals surface area contributed by atoms with Crippen molar-refractivity contribution in [2.24, 2.45) is 0 Å². The van der Waals surface area contributed by atoms with Gasteiger partial charge in [-0.1, -0.05) is 18.2 Å². The number of thiophene rings is 1. The van der Waals surface area contributed by atoms with Crippen molar-refractivity contribution in [1.29, 1.82) is 0 Å². The smallest absolute Gasteiger partial charge is 0.305 e. The molecule has 0 aliphatic rings. The Bertz CT molecular complexity index is 774. The lowest BCUT2D eigenvalue weighted by molar-refractivity contribution is -0.140. The number of rotatable bonds is 7. The zero-order valence-electron chi connectivity index (χ0n) is 15.1. The van der Waals surface area contributed by atoms with Gasteiger partial charge in [0.05, 0.1) is 23.2 Å². The summed E-state index contributed by atoms with van der Waals surface area (Å²) < 4.78 is 4.60. The lowest BCUT2D eigenvalue weighted by Gasteiger charge is -2.23. The molecule has 26 heavy (non-hydrogen) atoms. The molecule has 0 spiro atoms. The molecule has 0 aliphatic heterocycles. The van der Waals surface area contributed by atoms with Gasteiger partial charge in [-0.15, -0.1) is 11.3 Å². The molecule has 2 rings (SSSR count). The van der Waals surface area contributed by atoms with E-state index in [0.717, 1.165) is 0 Å². The van der Waals surface area contributed by atoms with E-state index in [-0.39, 0.29) is 24.2 Å². The van der Waals surface area contributed by atoms with Crippen LogP contribution in [0.1, 0.15) is 32.9 Å². The zero-order valence-corrected chi connectivity index (χ0v) is 15.9. The maximum absolute atomic E-state index is 12.8. The van der Waals surface area contributed by atoms with Crippen molar-refractivity contribution in [3.8, 4) is 0 Å². The molecule has 1 heterocycles. The fourth-order valence-electron chi connectivity index (χ4n) is 2.49. The number of ether oxygens (including phenoxy) is 1. The molecular weight excluding hydrogens is 352 g/mol. The van der Waals surface area contributed by atoms with Crippen molar-refractivity contribution in [2.75, 3.05) is 32.6 Å². The Morgan fingerprint density at radius 3 is 2.42 bits per heavy atom. The van der Waals surface area contributed by atoms with E-state index in [2.05, 4.69) is 4.74 Å². The van der Waals surface area contributed by atoms with Crippen LogP contribution in [-0.4, -0.2) is 50.4 Å². The predicted molar refractivity (Wildman–Crippen MR) is 102 cm³/mol. The molecule has 0 radical (unpaired) electrons. The summed E-state index contributed by atoms with van der Waals surface area (Å²) in [5, 5.41) is 1.84. The van der Waals surface area contributed by atoms with Crippen LogP contribution in [0.3, 0.4) is 0 Å². The molecule has 0 saturated carbocycles. The SMILES string of the molecule is COC(=O)CCCN(C)C(=O)c1ccccc1N(C)C(=O)c1cccs1. The number of methoxy groups -OCH3 is 1. The topological polar surface area (TPSA) is 66.9 Å². The van der Waals surface area contributed by atoms with Crippen molar-refractivity contribution in [3.63, 3.8) is 0 Å². The first-order valence-electron chi connectivity index (χ1n) is 8.18. The van der Waals surface area contributed by atoms with Gasteiger partial charge in [0.15, 0.2) is 0 Å². The van der Waals surface area contributed by atoms with E-state index in [9.17, 15) is 14.4 Å². The van der Waals surface area contributed by atoms with Crippen LogP contribution in [0.5, 0.6) is 0 Å². The first kappa shape index (κ1) is 19.7. The minimum absolute atomic E-state index is 0.159. The second-order valence-electron chi connectivity index (χ2n) is 5.77. The summed E-state index contributed by atoms with van der Waals surface area (Å²) >= 11 is 1.36. The highest BCUT2D eigenvalue weighted by atomic mass is 32.1. The molecule has 0 unspecified atom stereocenters. The van der Waals surface area contributed by atoms with Crippen LogP contribution in [0.15, 0.2) is 41.8 Å². The molecule has 1 aromatic carbocycles. The normalized spacial score (nSPS) is 10.3. The van der Waals surface area contributed by atoms with Crippen LogP contribution in [0.4, 0.5) is 5.69 Å². The molecule has 7 heteroatoms. The quantitative estimate of drug-likeness (QED) is 0.699. The van der Waals surface area contributed by atoms with E-state index >= 15 is 0 Å². The second kappa shape index (κ2) is 9.15. The third-order valence-electron chi connectivity index (χ3n) is 3.98. The van der Waals surface area contributed by atoms with Gasteiger partial charge >= 0.3 is 5.97 Å². The molecule has 1 aromatic heterocycles. The third kappa shape index (κ3) is 4.70. The molecule has 2 amide bonds. The summed E-state index contributed by atoms with van der Waals surface area (Å²) in [6.45, 7) is 0.421. The highest BCUT2D eigenvalue weighted by molar-refractivity contribution is 7.12. The van der Waals surface area contributed by atoms with Crippen molar-refractivity contribution in [3.05, 3.63) is 52.2 Å². The summed E-state index contributed by atoms with van der Waals surface area (Å²) in [6, 6.07) is 10.6. The number of hydrogen-bond acceptors (Lipinski definition) is 5. The number of amides is 2. The lowest BCUT2D eigenvalue weighted by Crippen LogP contribution is -2.32. The van der Waals surface area contributed by atoms with Gasteiger partial charge in [-0.05, 0) is 30.0 Å². The van der Waals surface area contributed by atoms with Gasteiger partial charge < -0.3 is 14.5 Å². The van der Waals surface area contributed by atoms with Crippen LogP contribution < -0.4 is 4.90 Å². The average Bonchev–Trinajstić information content (AvgIpc) is 3.20. The minimum Gasteiger partial charge on any atom is -0.469 e. The molecule has 0 aliphatic carbocycles. The van der Waals surface area contributed by atoms with Crippen LogP contribution in [-0.2, 0) is 9.53 Å². The van der Waals surface area contributed by atoms with Crippen molar-refractivity contribution >= 4 is 34.8 Å². The highest BCUT2D eigenvalue weighted by Gasteiger charge is 2.22. The lowest BCUT2D eigenvalue weighted by atomic mass is 10.1. The highest BCUT2D eigenvalue weighted by Crippen LogP contribution is 2.23. The number of nitrogens with zero attached hydrogens (tertiary/aromatic N) is 2. The standard InChI is InChI=1S/C19H22N2O4S/c1-20(12-6-11-17(22)25-3)18(23)14-8-4-5-9-15(14)21(2)19(24)16-10-7-13-26-16/h4-5,7-10,13H,6,11-12H2,1-3H3. The Morgan fingerprint density at radius 1 is 1.04 bits per heavy atom. The number of benzene rings is 1. The largest absolute Gasteiger partial charge is 0.469 e. The average molecular weight is 374 g/mol. The Balaban J connectivity index is 2.13. The molecule has 2 aromatic rings. The summed E-state index contributed by atoms with van der Waals surface area (Å²) in [5.74, 6) is -0.655. The van der Waals surface area contributed by atoms with E-state index in [1.54, 1.807) is 49.3 Å². The zero-order chi connectivity index (χ0) is 19.1. The van der Waals surface area contributed by atoms with Gasteiger partial charge in [-0.3, -0.25) is 14.4 Å². The molecule has 0 bridgehead atoms. The molecule has 0 N–H and O–H groups in total. The Labute approximate surface area is 157 Å². The fourth-order valence-corrected chi connectivity index (χ4v) is 3.19. The van der Waals surface area contributed by atoms with E-state index in [1.165, 1.54) is 23.3 Å². The molecule has 6 nitrogen and oxygen atoms in total. The van der Waals surface area contributed by atoms with Gasteiger partial charge in [0.2, 0.25) is 0 Å². The van der Waals surface area contributed by atoms with Gasteiger partial charge in [0.1, 0.15) is 0 Å². The molecule has 0 saturated heterocycles. The minimum atomic E-state index is -0.299. The summed E-state index contributed by atoms with van der Waals surface area (Å²) in [4.78, 5) is 40.2. The number of anilines is 1. The van der Waals surface area contributed by atoms with Crippen LogP contribution >= 0.6 is 11.3 Å². The monoisotopic (exact) mass is 374 g/mol.